The molecule has 1 aromatic rings. The van der Waals surface area contributed by atoms with E-state index in [2.05, 4.69) is 47.3 Å². The maximum absolute atomic E-state index is 3.52. The Morgan fingerprint density at radius 3 is 2.92 bits per heavy atom. The molecule has 0 aromatic carbocycles. The van der Waals surface area contributed by atoms with E-state index in [0.29, 0.717) is 6.04 Å². The second-order valence-corrected chi connectivity index (χ2v) is 3.88. The minimum atomic E-state index is 0.514. The smallest absolute Gasteiger partial charge is 0.0464 e. The normalized spacial score (nSPS) is 24.9. The zero-order valence-electron chi connectivity index (χ0n) is 8.33. The quantitative estimate of drug-likeness (QED) is 0.681. The minimum Gasteiger partial charge on any atom is -0.357 e. The van der Waals surface area contributed by atoms with Crippen LogP contribution < -0.4 is 5.32 Å². The Morgan fingerprint density at radius 1 is 1.46 bits per heavy atom. The lowest BCUT2D eigenvalue weighted by atomic mass is 10.1. The van der Waals surface area contributed by atoms with Crippen LogP contribution in [0.3, 0.4) is 0 Å². The van der Waals surface area contributed by atoms with Crippen LogP contribution in [-0.2, 0) is 7.05 Å². The molecule has 2 rings (SSSR count). The molecule has 2 heterocycles. The molecule has 13 heavy (non-hydrogen) atoms. The van der Waals surface area contributed by atoms with Gasteiger partial charge in [-0.05, 0) is 18.7 Å². The number of aromatic nitrogens is 1. The predicted molar refractivity (Wildman–Crippen MR) is 53.7 cm³/mol. The van der Waals surface area contributed by atoms with Crippen LogP contribution in [0.2, 0.25) is 0 Å². The van der Waals surface area contributed by atoms with Crippen molar-refractivity contribution in [3.63, 3.8) is 0 Å². The number of piperazine rings is 1. The van der Waals surface area contributed by atoms with Crippen LogP contribution in [-0.4, -0.2) is 36.1 Å². The standard InChI is InChI=1S/C10H17N3/c1-12-5-3-9(7-12)10-8-13(2)6-4-11-10/h3,5,7,10-11H,4,6,8H2,1-2H3. The third-order valence-corrected chi connectivity index (χ3v) is 2.64. The van der Waals surface area contributed by atoms with Gasteiger partial charge in [-0.3, -0.25) is 0 Å². The van der Waals surface area contributed by atoms with Gasteiger partial charge in [-0.25, -0.2) is 0 Å². The van der Waals surface area contributed by atoms with Crippen LogP contribution in [0.15, 0.2) is 18.5 Å². The van der Waals surface area contributed by atoms with Crippen molar-refractivity contribution < 1.29 is 0 Å². The summed E-state index contributed by atoms with van der Waals surface area (Å²) in [6.45, 7) is 3.36. The monoisotopic (exact) mass is 179 g/mol. The van der Waals surface area contributed by atoms with Crippen molar-refractivity contribution in [2.45, 2.75) is 6.04 Å². The highest BCUT2D eigenvalue weighted by Gasteiger charge is 2.18. The van der Waals surface area contributed by atoms with Crippen LogP contribution in [0, 0.1) is 0 Å². The lowest BCUT2D eigenvalue weighted by Crippen LogP contribution is -2.43. The summed E-state index contributed by atoms with van der Waals surface area (Å²) in [6.07, 6.45) is 4.29. The van der Waals surface area contributed by atoms with Gasteiger partial charge in [0.2, 0.25) is 0 Å². The van der Waals surface area contributed by atoms with Crippen molar-refractivity contribution in [1.82, 2.24) is 14.8 Å². The summed E-state index contributed by atoms with van der Waals surface area (Å²) < 4.78 is 2.10. The number of nitrogens with one attached hydrogen (secondary N) is 1. The minimum absolute atomic E-state index is 0.514. The van der Waals surface area contributed by atoms with Crippen LogP contribution in [0.1, 0.15) is 11.6 Å². The Morgan fingerprint density at radius 2 is 2.31 bits per heavy atom. The average molecular weight is 179 g/mol. The van der Waals surface area contributed by atoms with Gasteiger partial charge in [-0.15, -0.1) is 0 Å². The Balaban J connectivity index is 2.08. The summed E-state index contributed by atoms with van der Waals surface area (Å²) in [6, 6.07) is 2.71. The summed E-state index contributed by atoms with van der Waals surface area (Å²) in [7, 11) is 4.24. The Hall–Kier alpha value is -0.800. The van der Waals surface area contributed by atoms with E-state index < -0.39 is 0 Å². The summed E-state index contributed by atoms with van der Waals surface area (Å²) >= 11 is 0. The first-order valence-corrected chi connectivity index (χ1v) is 4.79. The molecule has 1 aromatic heterocycles. The summed E-state index contributed by atoms with van der Waals surface area (Å²) in [5.41, 5.74) is 1.40. The first-order valence-electron chi connectivity index (χ1n) is 4.79. The van der Waals surface area contributed by atoms with E-state index in [-0.39, 0.29) is 0 Å². The van der Waals surface area contributed by atoms with Crippen molar-refractivity contribution in [3.8, 4) is 0 Å². The van der Waals surface area contributed by atoms with Crippen molar-refractivity contribution in [3.05, 3.63) is 24.0 Å². The van der Waals surface area contributed by atoms with Gasteiger partial charge in [0.1, 0.15) is 0 Å². The summed E-state index contributed by atoms with van der Waals surface area (Å²) in [4.78, 5) is 2.37. The lowest BCUT2D eigenvalue weighted by Gasteiger charge is -2.30. The summed E-state index contributed by atoms with van der Waals surface area (Å²) in [5.74, 6) is 0. The van der Waals surface area contributed by atoms with Crippen molar-refractivity contribution in [1.29, 1.82) is 0 Å². The van der Waals surface area contributed by atoms with Crippen LogP contribution in [0.25, 0.3) is 0 Å². The number of likely N-dealkylation sites (N-methyl/N-ethyl adjacent to an activating group) is 1. The molecule has 1 unspecified atom stereocenters. The highest BCUT2D eigenvalue weighted by atomic mass is 15.2. The molecule has 0 saturated carbocycles. The zero-order chi connectivity index (χ0) is 9.26. The Labute approximate surface area is 79.3 Å². The third-order valence-electron chi connectivity index (χ3n) is 2.64. The topological polar surface area (TPSA) is 20.2 Å². The molecule has 0 spiro atoms. The van der Waals surface area contributed by atoms with Crippen molar-refractivity contribution >= 4 is 0 Å². The average Bonchev–Trinajstić information content (AvgIpc) is 2.52. The molecule has 1 saturated heterocycles. The van der Waals surface area contributed by atoms with E-state index >= 15 is 0 Å². The molecule has 1 aliphatic heterocycles. The molecule has 1 aliphatic rings. The van der Waals surface area contributed by atoms with Gasteiger partial charge >= 0.3 is 0 Å². The van der Waals surface area contributed by atoms with Gasteiger partial charge in [0.25, 0.3) is 0 Å². The van der Waals surface area contributed by atoms with E-state index in [0.717, 1.165) is 19.6 Å². The van der Waals surface area contributed by atoms with E-state index in [1.807, 2.05) is 0 Å². The molecular formula is C10H17N3. The van der Waals surface area contributed by atoms with Crippen molar-refractivity contribution in [2.24, 2.45) is 7.05 Å². The maximum atomic E-state index is 3.52. The fourth-order valence-corrected chi connectivity index (χ4v) is 1.85. The number of nitrogens with zero attached hydrogens (tertiary/aromatic N) is 2. The largest absolute Gasteiger partial charge is 0.357 e. The SMILES string of the molecule is CN1CCNC(c2ccn(C)c2)C1. The van der Waals surface area contributed by atoms with Crippen molar-refractivity contribution in [2.75, 3.05) is 26.7 Å². The fraction of sp³-hybridized carbons (Fsp3) is 0.600. The molecular weight excluding hydrogens is 162 g/mol. The molecule has 0 radical (unpaired) electrons. The van der Waals surface area contributed by atoms with Crippen LogP contribution in [0.4, 0.5) is 0 Å². The maximum Gasteiger partial charge on any atom is 0.0464 e. The van der Waals surface area contributed by atoms with Gasteiger partial charge in [0.05, 0.1) is 0 Å². The molecule has 0 bridgehead atoms. The van der Waals surface area contributed by atoms with E-state index in [1.165, 1.54) is 5.56 Å². The Kier molecular flexibility index (Phi) is 2.38. The Bertz CT molecular complexity index is 279. The van der Waals surface area contributed by atoms with Crippen LogP contribution >= 0.6 is 0 Å². The highest BCUT2D eigenvalue weighted by molar-refractivity contribution is 5.16. The predicted octanol–water partition coefficient (Wildman–Crippen LogP) is 0.601. The number of aryl methyl sites for hydroxylation is 1. The van der Waals surface area contributed by atoms with Gasteiger partial charge in [0.15, 0.2) is 0 Å². The van der Waals surface area contributed by atoms with Gasteiger partial charge in [-0.2, -0.15) is 0 Å². The highest BCUT2D eigenvalue weighted by Crippen LogP contribution is 2.16. The fourth-order valence-electron chi connectivity index (χ4n) is 1.85. The second kappa shape index (κ2) is 3.52. The molecule has 1 fully saturated rings. The van der Waals surface area contributed by atoms with Crippen LogP contribution in [0.5, 0.6) is 0 Å². The van der Waals surface area contributed by atoms with E-state index in [1.54, 1.807) is 0 Å². The van der Waals surface area contributed by atoms with E-state index in [4.69, 9.17) is 0 Å². The van der Waals surface area contributed by atoms with Gasteiger partial charge in [0, 0.05) is 45.1 Å². The first-order chi connectivity index (χ1) is 6.25. The molecule has 0 aliphatic carbocycles. The number of rotatable bonds is 1. The van der Waals surface area contributed by atoms with Gasteiger partial charge < -0.3 is 14.8 Å². The second-order valence-electron chi connectivity index (χ2n) is 3.88. The molecule has 3 heteroatoms. The number of hydrogen-bond donors (Lipinski definition) is 1. The van der Waals surface area contributed by atoms with E-state index in [9.17, 15) is 0 Å². The number of hydrogen-bond acceptors (Lipinski definition) is 2. The van der Waals surface area contributed by atoms with Gasteiger partial charge in [-0.1, -0.05) is 0 Å². The lowest BCUT2D eigenvalue weighted by molar-refractivity contribution is 0.241. The molecule has 1 N–H and O–H groups in total. The molecule has 1 atom stereocenters. The molecule has 0 amide bonds. The molecule has 72 valence electrons. The third kappa shape index (κ3) is 1.92. The first kappa shape index (κ1) is 8.78. The molecule has 3 nitrogen and oxygen atoms in total. The summed E-state index contributed by atoms with van der Waals surface area (Å²) in [5, 5.41) is 3.52. The zero-order valence-corrected chi connectivity index (χ0v) is 8.33.